The third kappa shape index (κ3) is 3.35. The number of H-pyrrole nitrogens is 1. The molecule has 4 nitrogen and oxygen atoms in total. The smallest absolute Gasteiger partial charge is 0.223 e. The van der Waals surface area contributed by atoms with E-state index in [1.54, 1.807) is 18.3 Å². The van der Waals surface area contributed by atoms with Crippen LogP contribution in [0.2, 0.25) is 0 Å². The Morgan fingerprint density at radius 3 is 2.82 bits per heavy atom. The van der Waals surface area contributed by atoms with Crippen LogP contribution in [0.1, 0.15) is 43.0 Å². The molecular weight excluding hydrogens is 281 g/mol. The Morgan fingerprint density at radius 1 is 1.27 bits per heavy atom. The number of halogens is 1. The highest BCUT2D eigenvalue weighted by atomic mass is 19.1. The number of likely N-dealkylation sites (tertiary alicyclic amines) is 1. The summed E-state index contributed by atoms with van der Waals surface area (Å²) in [5, 5.41) is 6.98. The van der Waals surface area contributed by atoms with Gasteiger partial charge in [-0.15, -0.1) is 0 Å². The molecular formula is C17H20FN3O. The minimum Gasteiger partial charge on any atom is -0.334 e. The van der Waals surface area contributed by atoms with Crippen LogP contribution < -0.4 is 0 Å². The fraction of sp³-hybridized carbons (Fsp3) is 0.412. The Morgan fingerprint density at radius 2 is 2.09 bits per heavy atom. The number of hydrogen-bond donors (Lipinski definition) is 1. The van der Waals surface area contributed by atoms with E-state index >= 15 is 0 Å². The Kier molecular flexibility index (Phi) is 4.51. The first-order valence-corrected chi connectivity index (χ1v) is 7.77. The molecule has 0 bridgehead atoms. The van der Waals surface area contributed by atoms with Crippen molar-refractivity contribution < 1.29 is 9.18 Å². The molecule has 1 fully saturated rings. The molecule has 0 radical (unpaired) electrons. The number of benzene rings is 1. The molecule has 0 unspecified atom stereocenters. The molecule has 1 saturated heterocycles. The predicted octanol–water partition coefficient (Wildman–Crippen LogP) is 3.24. The highest BCUT2D eigenvalue weighted by Gasteiger charge is 2.28. The van der Waals surface area contributed by atoms with Gasteiger partial charge in [-0.25, -0.2) is 4.39 Å². The number of amides is 1. The van der Waals surface area contributed by atoms with Crippen molar-refractivity contribution in [2.75, 3.05) is 6.54 Å². The van der Waals surface area contributed by atoms with Gasteiger partial charge in [0.2, 0.25) is 5.91 Å². The second kappa shape index (κ2) is 6.73. The van der Waals surface area contributed by atoms with E-state index in [2.05, 4.69) is 10.2 Å². The number of aryl methyl sites for hydroxylation is 1. The average Bonchev–Trinajstić information content (AvgIpc) is 3.08. The number of aromatic amines is 1. The first kappa shape index (κ1) is 14.8. The van der Waals surface area contributed by atoms with Gasteiger partial charge in [0.05, 0.1) is 11.7 Å². The van der Waals surface area contributed by atoms with Crippen LogP contribution in [0.15, 0.2) is 36.5 Å². The lowest BCUT2D eigenvalue weighted by Crippen LogP contribution is -2.38. The average molecular weight is 301 g/mol. The molecule has 2 heterocycles. The number of carbonyl (C=O) groups excluding carboxylic acids is 1. The molecule has 1 aliphatic rings. The molecule has 3 rings (SSSR count). The molecule has 1 amide bonds. The minimum atomic E-state index is -0.245. The van der Waals surface area contributed by atoms with Gasteiger partial charge in [0.1, 0.15) is 5.82 Å². The largest absolute Gasteiger partial charge is 0.334 e. The Hall–Kier alpha value is -2.17. The normalized spacial score (nSPS) is 18.4. The summed E-state index contributed by atoms with van der Waals surface area (Å²) in [5.41, 5.74) is 2.00. The summed E-state index contributed by atoms with van der Waals surface area (Å²) in [7, 11) is 0. The van der Waals surface area contributed by atoms with Gasteiger partial charge in [0.15, 0.2) is 0 Å². The van der Waals surface area contributed by atoms with E-state index in [1.807, 2.05) is 11.0 Å². The van der Waals surface area contributed by atoms with Gasteiger partial charge in [-0.05, 0) is 49.4 Å². The zero-order chi connectivity index (χ0) is 15.4. The summed E-state index contributed by atoms with van der Waals surface area (Å²) in [6, 6.07) is 8.41. The standard InChI is InChI=1S/C17H20FN3O/c18-14-7-4-13(5-8-14)6-9-17(22)21-12-2-1-3-16(21)15-10-11-19-20-15/h4-5,7-8,10-11,16H,1-3,6,9,12H2,(H,19,20)/t16-/m1/s1. The zero-order valence-electron chi connectivity index (χ0n) is 12.5. The van der Waals surface area contributed by atoms with Crippen LogP contribution in [0.5, 0.6) is 0 Å². The molecule has 116 valence electrons. The number of hydrogen-bond acceptors (Lipinski definition) is 2. The van der Waals surface area contributed by atoms with Crippen molar-refractivity contribution in [3.8, 4) is 0 Å². The van der Waals surface area contributed by atoms with E-state index in [1.165, 1.54) is 12.1 Å². The summed E-state index contributed by atoms with van der Waals surface area (Å²) < 4.78 is 12.9. The van der Waals surface area contributed by atoms with E-state index in [0.29, 0.717) is 12.8 Å². The molecule has 0 spiro atoms. The van der Waals surface area contributed by atoms with Gasteiger partial charge >= 0.3 is 0 Å². The van der Waals surface area contributed by atoms with Gasteiger partial charge in [0.25, 0.3) is 0 Å². The van der Waals surface area contributed by atoms with Crippen molar-refractivity contribution in [2.45, 2.75) is 38.1 Å². The Labute approximate surface area is 129 Å². The molecule has 1 N–H and O–H groups in total. The van der Waals surface area contributed by atoms with Gasteiger partial charge < -0.3 is 4.90 Å². The maximum absolute atomic E-state index is 12.9. The molecule has 2 aromatic rings. The number of piperidine rings is 1. The second-order valence-electron chi connectivity index (χ2n) is 5.74. The first-order valence-electron chi connectivity index (χ1n) is 7.77. The monoisotopic (exact) mass is 301 g/mol. The summed E-state index contributed by atoms with van der Waals surface area (Å²) in [6.45, 7) is 0.798. The molecule has 1 atom stereocenters. The SMILES string of the molecule is O=C(CCc1ccc(F)cc1)N1CCCC[C@@H]1c1ccn[nH]1. The Bertz CT molecular complexity index is 609. The van der Waals surface area contributed by atoms with Gasteiger partial charge in [-0.3, -0.25) is 9.89 Å². The van der Waals surface area contributed by atoms with Crippen molar-refractivity contribution in [1.82, 2.24) is 15.1 Å². The summed E-state index contributed by atoms with van der Waals surface area (Å²) >= 11 is 0. The topological polar surface area (TPSA) is 49.0 Å². The van der Waals surface area contributed by atoms with Crippen LogP contribution in [0.4, 0.5) is 4.39 Å². The number of nitrogens with zero attached hydrogens (tertiary/aromatic N) is 2. The Balaban J connectivity index is 1.63. The van der Waals surface area contributed by atoms with Crippen LogP contribution in [-0.2, 0) is 11.2 Å². The molecule has 5 heteroatoms. The summed E-state index contributed by atoms with van der Waals surface area (Å²) in [5.74, 6) is -0.0889. The number of rotatable bonds is 4. The van der Waals surface area contributed by atoms with Crippen molar-refractivity contribution >= 4 is 5.91 Å². The molecule has 1 aromatic carbocycles. The number of nitrogens with one attached hydrogen (secondary N) is 1. The van der Waals surface area contributed by atoms with Gasteiger partial charge in [-0.1, -0.05) is 12.1 Å². The predicted molar refractivity (Wildman–Crippen MR) is 81.6 cm³/mol. The van der Waals surface area contributed by atoms with E-state index in [4.69, 9.17) is 0 Å². The van der Waals surface area contributed by atoms with Crippen LogP contribution in [-0.4, -0.2) is 27.5 Å². The third-order valence-corrected chi connectivity index (χ3v) is 4.25. The van der Waals surface area contributed by atoms with Crippen LogP contribution in [0, 0.1) is 5.82 Å². The quantitative estimate of drug-likeness (QED) is 0.942. The van der Waals surface area contributed by atoms with Crippen molar-refractivity contribution in [3.63, 3.8) is 0 Å². The van der Waals surface area contributed by atoms with E-state index in [0.717, 1.165) is 37.1 Å². The lowest BCUT2D eigenvalue weighted by atomic mass is 9.98. The lowest BCUT2D eigenvalue weighted by molar-refractivity contribution is -0.135. The summed E-state index contributed by atoms with van der Waals surface area (Å²) in [4.78, 5) is 14.5. The van der Waals surface area contributed by atoms with Crippen LogP contribution in [0.25, 0.3) is 0 Å². The maximum atomic E-state index is 12.9. The fourth-order valence-electron chi connectivity index (χ4n) is 3.05. The van der Waals surface area contributed by atoms with E-state index < -0.39 is 0 Å². The van der Waals surface area contributed by atoms with Gasteiger partial charge in [-0.2, -0.15) is 5.10 Å². The van der Waals surface area contributed by atoms with Crippen molar-refractivity contribution in [1.29, 1.82) is 0 Å². The van der Waals surface area contributed by atoms with Crippen LogP contribution >= 0.6 is 0 Å². The van der Waals surface area contributed by atoms with Crippen molar-refractivity contribution in [3.05, 3.63) is 53.6 Å². The van der Waals surface area contributed by atoms with E-state index in [9.17, 15) is 9.18 Å². The minimum absolute atomic E-state index is 0.108. The van der Waals surface area contributed by atoms with Crippen molar-refractivity contribution in [2.24, 2.45) is 0 Å². The first-order chi connectivity index (χ1) is 10.7. The molecule has 0 saturated carbocycles. The summed E-state index contributed by atoms with van der Waals surface area (Å²) in [6.07, 6.45) is 5.98. The molecule has 1 aromatic heterocycles. The highest BCUT2D eigenvalue weighted by molar-refractivity contribution is 5.77. The molecule has 22 heavy (non-hydrogen) atoms. The molecule has 0 aliphatic carbocycles. The maximum Gasteiger partial charge on any atom is 0.223 e. The molecule has 1 aliphatic heterocycles. The highest BCUT2D eigenvalue weighted by Crippen LogP contribution is 2.30. The number of carbonyl (C=O) groups is 1. The second-order valence-corrected chi connectivity index (χ2v) is 5.74. The number of aromatic nitrogens is 2. The third-order valence-electron chi connectivity index (χ3n) is 4.25. The van der Waals surface area contributed by atoms with E-state index in [-0.39, 0.29) is 17.8 Å². The lowest BCUT2D eigenvalue weighted by Gasteiger charge is -2.35. The van der Waals surface area contributed by atoms with Crippen LogP contribution in [0.3, 0.4) is 0 Å². The van der Waals surface area contributed by atoms with Gasteiger partial charge in [0, 0.05) is 19.2 Å². The fourth-order valence-corrected chi connectivity index (χ4v) is 3.05. The zero-order valence-corrected chi connectivity index (χ0v) is 12.5.